The number of anilines is 1. The van der Waals surface area contributed by atoms with Crippen molar-refractivity contribution in [1.82, 2.24) is 5.43 Å². The SMILES string of the molecule is O=C(N/N=C/c1ccc(-c2ccc(Br)cc2)o1)C(=O)Nc1ccc(F)cc1. The Balaban J connectivity index is 1.55. The summed E-state index contributed by atoms with van der Waals surface area (Å²) in [5.74, 6) is -1.27. The molecule has 3 rings (SSSR count). The number of nitrogens with one attached hydrogen (secondary N) is 2. The molecular weight excluding hydrogens is 417 g/mol. The van der Waals surface area contributed by atoms with Crippen LogP contribution < -0.4 is 10.7 Å². The monoisotopic (exact) mass is 429 g/mol. The van der Waals surface area contributed by atoms with Gasteiger partial charge in [0.15, 0.2) is 0 Å². The van der Waals surface area contributed by atoms with Crippen LogP contribution in [0.15, 0.2) is 74.7 Å². The van der Waals surface area contributed by atoms with Crippen molar-refractivity contribution in [3.63, 3.8) is 0 Å². The zero-order chi connectivity index (χ0) is 19.2. The molecule has 2 aromatic carbocycles. The van der Waals surface area contributed by atoms with Crippen molar-refractivity contribution in [2.75, 3.05) is 5.32 Å². The molecule has 0 spiro atoms. The van der Waals surface area contributed by atoms with Gasteiger partial charge in [-0.15, -0.1) is 0 Å². The zero-order valence-corrected chi connectivity index (χ0v) is 15.4. The summed E-state index contributed by atoms with van der Waals surface area (Å²) in [4.78, 5) is 23.5. The van der Waals surface area contributed by atoms with Gasteiger partial charge in [-0.05, 0) is 48.5 Å². The summed E-state index contributed by atoms with van der Waals surface area (Å²) in [5, 5.41) is 6.02. The Hall–Kier alpha value is -3.26. The number of halogens is 2. The number of hydrazone groups is 1. The first kappa shape index (κ1) is 18.5. The van der Waals surface area contributed by atoms with E-state index in [1.54, 1.807) is 12.1 Å². The molecule has 0 bridgehead atoms. The fourth-order valence-corrected chi connectivity index (χ4v) is 2.38. The van der Waals surface area contributed by atoms with Gasteiger partial charge < -0.3 is 9.73 Å². The van der Waals surface area contributed by atoms with E-state index in [0.717, 1.165) is 10.0 Å². The number of hydrogen-bond donors (Lipinski definition) is 2. The summed E-state index contributed by atoms with van der Waals surface area (Å²) in [6.07, 6.45) is 1.28. The molecule has 1 aromatic heterocycles. The van der Waals surface area contributed by atoms with Crippen LogP contribution in [-0.4, -0.2) is 18.0 Å². The lowest BCUT2D eigenvalue weighted by atomic mass is 10.2. The largest absolute Gasteiger partial charge is 0.455 e. The fourth-order valence-electron chi connectivity index (χ4n) is 2.12. The van der Waals surface area contributed by atoms with Gasteiger partial charge in [-0.25, -0.2) is 9.82 Å². The third kappa shape index (κ3) is 5.11. The molecule has 1 heterocycles. The van der Waals surface area contributed by atoms with E-state index in [9.17, 15) is 14.0 Å². The fraction of sp³-hybridized carbons (Fsp3) is 0. The van der Waals surface area contributed by atoms with Crippen molar-refractivity contribution >= 4 is 39.6 Å². The number of carbonyl (C=O) groups excluding carboxylic acids is 2. The van der Waals surface area contributed by atoms with Gasteiger partial charge in [0.1, 0.15) is 17.3 Å². The summed E-state index contributed by atoms with van der Waals surface area (Å²) in [5.41, 5.74) is 3.28. The van der Waals surface area contributed by atoms with Crippen molar-refractivity contribution in [3.8, 4) is 11.3 Å². The lowest BCUT2D eigenvalue weighted by Gasteiger charge is -2.03. The third-order valence-corrected chi connectivity index (χ3v) is 3.95. The van der Waals surface area contributed by atoms with Gasteiger partial charge in [0.05, 0.1) is 6.21 Å². The molecule has 2 N–H and O–H groups in total. The second-order valence-electron chi connectivity index (χ2n) is 5.37. The van der Waals surface area contributed by atoms with E-state index in [0.29, 0.717) is 17.2 Å². The van der Waals surface area contributed by atoms with Crippen LogP contribution in [0.25, 0.3) is 11.3 Å². The van der Waals surface area contributed by atoms with Gasteiger partial charge in [0, 0.05) is 15.7 Å². The molecule has 8 heteroatoms. The lowest BCUT2D eigenvalue weighted by Crippen LogP contribution is -2.32. The molecular formula is C19H13BrFN3O3. The average molecular weight is 430 g/mol. The van der Waals surface area contributed by atoms with Crippen LogP contribution in [0.5, 0.6) is 0 Å². The molecule has 0 radical (unpaired) electrons. The number of hydrogen-bond acceptors (Lipinski definition) is 4. The van der Waals surface area contributed by atoms with E-state index >= 15 is 0 Å². The number of nitrogens with zero attached hydrogens (tertiary/aromatic N) is 1. The summed E-state index contributed by atoms with van der Waals surface area (Å²) in [6.45, 7) is 0. The highest BCUT2D eigenvalue weighted by Gasteiger charge is 2.13. The van der Waals surface area contributed by atoms with Crippen molar-refractivity contribution in [3.05, 3.63) is 76.7 Å². The number of amides is 2. The molecule has 0 fully saturated rings. The number of benzene rings is 2. The lowest BCUT2D eigenvalue weighted by molar-refractivity contribution is -0.136. The predicted molar refractivity (Wildman–Crippen MR) is 103 cm³/mol. The smallest absolute Gasteiger partial charge is 0.329 e. The summed E-state index contributed by atoms with van der Waals surface area (Å²) < 4.78 is 19.4. The highest BCUT2D eigenvalue weighted by atomic mass is 79.9. The molecule has 27 heavy (non-hydrogen) atoms. The van der Waals surface area contributed by atoms with Crippen molar-refractivity contribution < 1.29 is 18.4 Å². The van der Waals surface area contributed by atoms with E-state index in [2.05, 4.69) is 31.8 Å². The Morgan fingerprint density at radius 3 is 2.37 bits per heavy atom. The molecule has 0 aliphatic heterocycles. The minimum Gasteiger partial charge on any atom is -0.455 e. The first-order valence-electron chi connectivity index (χ1n) is 7.77. The van der Waals surface area contributed by atoms with Gasteiger partial charge in [0.25, 0.3) is 0 Å². The van der Waals surface area contributed by atoms with Crippen LogP contribution in [0.3, 0.4) is 0 Å². The summed E-state index contributed by atoms with van der Waals surface area (Å²) in [7, 11) is 0. The maximum atomic E-state index is 12.8. The van der Waals surface area contributed by atoms with Crippen molar-refractivity contribution in [1.29, 1.82) is 0 Å². The first-order valence-corrected chi connectivity index (χ1v) is 8.56. The van der Waals surface area contributed by atoms with Gasteiger partial charge in [0.2, 0.25) is 0 Å². The van der Waals surface area contributed by atoms with E-state index in [-0.39, 0.29) is 0 Å². The van der Waals surface area contributed by atoms with Crippen molar-refractivity contribution in [2.24, 2.45) is 5.10 Å². The molecule has 3 aromatic rings. The normalized spacial score (nSPS) is 10.7. The van der Waals surface area contributed by atoms with Crippen LogP contribution in [-0.2, 0) is 9.59 Å². The first-order chi connectivity index (χ1) is 13.0. The molecule has 0 saturated heterocycles. The Morgan fingerprint density at radius 1 is 0.963 bits per heavy atom. The third-order valence-electron chi connectivity index (χ3n) is 3.42. The quantitative estimate of drug-likeness (QED) is 0.374. The average Bonchev–Trinajstić information content (AvgIpc) is 3.13. The van der Waals surface area contributed by atoms with Crippen LogP contribution >= 0.6 is 15.9 Å². The Labute approximate surface area is 162 Å². The molecule has 0 saturated carbocycles. The predicted octanol–water partition coefficient (Wildman–Crippen LogP) is 3.94. The molecule has 136 valence electrons. The van der Waals surface area contributed by atoms with E-state index in [1.807, 2.05) is 24.3 Å². The van der Waals surface area contributed by atoms with Crippen molar-refractivity contribution in [2.45, 2.75) is 0 Å². The molecule has 2 amide bonds. The van der Waals surface area contributed by atoms with Crippen LogP contribution in [0.1, 0.15) is 5.76 Å². The minimum absolute atomic E-state index is 0.297. The number of rotatable bonds is 4. The zero-order valence-electron chi connectivity index (χ0n) is 13.8. The Kier molecular flexibility index (Phi) is 5.77. The van der Waals surface area contributed by atoms with E-state index < -0.39 is 17.6 Å². The Morgan fingerprint density at radius 2 is 1.67 bits per heavy atom. The van der Waals surface area contributed by atoms with Gasteiger partial charge in [-0.3, -0.25) is 9.59 Å². The van der Waals surface area contributed by atoms with Crippen LogP contribution in [0.2, 0.25) is 0 Å². The summed E-state index contributed by atoms with van der Waals surface area (Å²) in [6, 6.07) is 16.1. The second-order valence-corrected chi connectivity index (χ2v) is 6.28. The van der Waals surface area contributed by atoms with Crippen LogP contribution in [0, 0.1) is 5.82 Å². The highest BCUT2D eigenvalue weighted by molar-refractivity contribution is 9.10. The Bertz CT molecular complexity index is 982. The second kappa shape index (κ2) is 8.41. The molecule has 0 aliphatic rings. The minimum atomic E-state index is -0.963. The van der Waals surface area contributed by atoms with E-state index in [1.165, 1.54) is 30.5 Å². The number of carbonyl (C=O) groups is 2. The van der Waals surface area contributed by atoms with Crippen LogP contribution in [0.4, 0.5) is 10.1 Å². The van der Waals surface area contributed by atoms with Gasteiger partial charge >= 0.3 is 11.8 Å². The molecule has 0 atom stereocenters. The van der Waals surface area contributed by atoms with E-state index in [4.69, 9.17) is 4.42 Å². The maximum Gasteiger partial charge on any atom is 0.329 e. The maximum absolute atomic E-state index is 12.8. The molecule has 0 aliphatic carbocycles. The molecule has 6 nitrogen and oxygen atoms in total. The standard InChI is InChI=1S/C19H13BrFN3O3/c20-13-3-1-12(2-4-13)17-10-9-16(27-17)11-22-24-19(26)18(25)23-15-7-5-14(21)6-8-15/h1-11H,(H,23,25)(H,24,26)/b22-11+. The summed E-state index contributed by atoms with van der Waals surface area (Å²) >= 11 is 3.37. The number of furan rings is 1. The molecule has 0 unspecified atom stereocenters. The topological polar surface area (TPSA) is 83.7 Å². The highest BCUT2D eigenvalue weighted by Crippen LogP contribution is 2.23. The van der Waals surface area contributed by atoms with Gasteiger partial charge in [-0.2, -0.15) is 5.10 Å². The van der Waals surface area contributed by atoms with Gasteiger partial charge in [-0.1, -0.05) is 28.1 Å².